The van der Waals surface area contributed by atoms with Crippen LogP contribution in [0.4, 0.5) is 0 Å². The Labute approximate surface area is 140 Å². The first-order valence-electron chi connectivity index (χ1n) is 7.61. The molecule has 1 aliphatic carbocycles. The van der Waals surface area contributed by atoms with Crippen molar-refractivity contribution >= 4 is 23.5 Å². The molecule has 0 radical (unpaired) electrons. The van der Waals surface area contributed by atoms with Gasteiger partial charge in [0.1, 0.15) is 18.4 Å². The van der Waals surface area contributed by atoms with Crippen molar-refractivity contribution in [2.24, 2.45) is 0 Å². The SMILES string of the molecule is CC(C(=O)O)N(CC(=O)NCCOc1cccc(Cl)c1)C1CC1. The van der Waals surface area contributed by atoms with Crippen LogP contribution in [0.5, 0.6) is 5.75 Å². The predicted octanol–water partition coefficient (Wildman–Crippen LogP) is 1.77. The molecule has 0 aromatic heterocycles. The van der Waals surface area contributed by atoms with E-state index in [0.29, 0.717) is 23.9 Å². The van der Waals surface area contributed by atoms with E-state index in [0.717, 1.165) is 12.8 Å². The summed E-state index contributed by atoms with van der Waals surface area (Å²) < 4.78 is 5.48. The van der Waals surface area contributed by atoms with E-state index >= 15 is 0 Å². The first-order valence-corrected chi connectivity index (χ1v) is 7.99. The van der Waals surface area contributed by atoms with E-state index in [1.807, 2.05) is 0 Å². The molecule has 1 aliphatic rings. The molecule has 6 nitrogen and oxygen atoms in total. The monoisotopic (exact) mass is 340 g/mol. The molecule has 1 fully saturated rings. The Morgan fingerprint density at radius 3 is 2.83 bits per heavy atom. The van der Waals surface area contributed by atoms with E-state index in [2.05, 4.69) is 5.32 Å². The summed E-state index contributed by atoms with van der Waals surface area (Å²) in [5.41, 5.74) is 0. The molecular formula is C16H21ClN2O4. The zero-order chi connectivity index (χ0) is 16.8. The van der Waals surface area contributed by atoms with E-state index in [9.17, 15) is 9.59 Å². The minimum Gasteiger partial charge on any atom is -0.492 e. The highest BCUT2D eigenvalue weighted by molar-refractivity contribution is 6.30. The summed E-state index contributed by atoms with van der Waals surface area (Å²) in [6.07, 6.45) is 1.89. The second-order valence-electron chi connectivity index (χ2n) is 5.57. The topological polar surface area (TPSA) is 78.9 Å². The average Bonchev–Trinajstić information content (AvgIpc) is 3.33. The average molecular weight is 341 g/mol. The van der Waals surface area contributed by atoms with E-state index in [4.69, 9.17) is 21.4 Å². The molecule has 1 unspecified atom stereocenters. The Balaban J connectivity index is 1.70. The molecular weight excluding hydrogens is 320 g/mol. The molecule has 2 rings (SSSR count). The highest BCUT2D eigenvalue weighted by Gasteiger charge is 2.35. The van der Waals surface area contributed by atoms with Crippen molar-refractivity contribution in [1.29, 1.82) is 0 Å². The van der Waals surface area contributed by atoms with E-state index in [-0.39, 0.29) is 18.5 Å². The van der Waals surface area contributed by atoms with Crippen LogP contribution in [-0.2, 0) is 9.59 Å². The van der Waals surface area contributed by atoms with Crippen LogP contribution in [0, 0.1) is 0 Å². The van der Waals surface area contributed by atoms with Gasteiger partial charge >= 0.3 is 5.97 Å². The quantitative estimate of drug-likeness (QED) is 0.670. The molecule has 1 aromatic rings. The standard InChI is InChI=1S/C16H21ClN2O4/c1-11(16(21)22)19(13-5-6-13)10-15(20)18-7-8-23-14-4-2-3-12(17)9-14/h2-4,9,11,13H,5-8,10H2,1H3,(H,18,20)(H,21,22). The van der Waals surface area contributed by atoms with Gasteiger partial charge in [0, 0.05) is 11.1 Å². The summed E-state index contributed by atoms with van der Waals surface area (Å²) in [4.78, 5) is 24.8. The molecule has 0 heterocycles. The van der Waals surface area contributed by atoms with E-state index in [1.165, 1.54) is 0 Å². The summed E-state index contributed by atoms with van der Waals surface area (Å²) in [6, 6.07) is 6.58. The summed E-state index contributed by atoms with van der Waals surface area (Å²) in [7, 11) is 0. The van der Waals surface area contributed by atoms with Crippen LogP contribution in [0.25, 0.3) is 0 Å². The third-order valence-corrected chi connectivity index (χ3v) is 3.92. The fraction of sp³-hybridized carbons (Fsp3) is 0.500. The number of carbonyl (C=O) groups excluding carboxylic acids is 1. The highest BCUT2D eigenvalue weighted by Crippen LogP contribution is 2.28. The van der Waals surface area contributed by atoms with Gasteiger partial charge in [0.05, 0.1) is 13.1 Å². The number of nitrogens with one attached hydrogen (secondary N) is 1. The first kappa shape index (κ1) is 17.6. The van der Waals surface area contributed by atoms with Gasteiger partial charge in [-0.2, -0.15) is 0 Å². The van der Waals surface area contributed by atoms with Crippen molar-refractivity contribution in [2.75, 3.05) is 19.7 Å². The second kappa shape index (κ2) is 8.17. The molecule has 1 aromatic carbocycles. The zero-order valence-corrected chi connectivity index (χ0v) is 13.8. The Bertz CT molecular complexity index is 563. The van der Waals surface area contributed by atoms with Gasteiger partial charge in [0.15, 0.2) is 0 Å². The van der Waals surface area contributed by atoms with E-state index < -0.39 is 12.0 Å². The first-order chi connectivity index (χ1) is 11.0. The highest BCUT2D eigenvalue weighted by atomic mass is 35.5. The molecule has 0 spiro atoms. The largest absolute Gasteiger partial charge is 0.492 e. The molecule has 23 heavy (non-hydrogen) atoms. The summed E-state index contributed by atoms with van der Waals surface area (Å²) in [6.45, 7) is 2.38. The predicted molar refractivity (Wildman–Crippen MR) is 86.8 cm³/mol. The number of benzene rings is 1. The third-order valence-electron chi connectivity index (χ3n) is 3.69. The summed E-state index contributed by atoms with van der Waals surface area (Å²) >= 11 is 5.85. The minimum absolute atomic E-state index is 0.0926. The number of hydrogen-bond donors (Lipinski definition) is 2. The Morgan fingerprint density at radius 2 is 2.22 bits per heavy atom. The number of carboxylic acids is 1. The van der Waals surface area contributed by atoms with Crippen LogP contribution in [-0.4, -0.2) is 53.7 Å². The van der Waals surface area contributed by atoms with Gasteiger partial charge in [-0.15, -0.1) is 0 Å². The Kier molecular flexibility index (Phi) is 6.24. The van der Waals surface area contributed by atoms with Crippen LogP contribution in [0.2, 0.25) is 5.02 Å². The molecule has 1 atom stereocenters. The number of carboxylic acid groups (broad SMARTS) is 1. The van der Waals surface area contributed by atoms with Gasteiger partial charge in [-0.25, -0.2) is 0 Å². The number of halogens is 1. The fourth-order valence-corrected chi connectivity index (χ4v) is 2.45. The van der Waals surface area contributed by atoms with Crippen molar-refractivity contribution in [3.05, 3.63) is 29.3 Å². The summed E-state index contributed by atoms with van der Waals surface area (Å²) in [5, 5.41) is 12.4. The van der Waals surface area contributed by atoms with Gasteiger partial charge in [-0.05, 0) is 38.0 Å². The number of nitrogens with zero attached hydrogens (tertiary/aromatic N) is 1. The van der Waals surface area contributed by atoms with Crippen molar-refractivity contribution in [3.63, 3.8) is 0 Å². The summed E-state index contributed by atoms with van der Waals surface area (Å²) in [5.74, 6) is -0.459. The molecule has 1 saturated carbocycles. The zero-order valence-electron chi connectivity index (χ0n) is 13.0. The maximum atomic E-state index is 12.0. The number of aliphatic carboxylic acids is 1. The number of carbonyl (C=O) groups is 2. The number of rotatable bonds is 9. The lowest BCUT2D eigenvalue weighted by molar-refractivity contribution is -0.143. The van der Waals surface area contributed by atoms with Crippen LogP contribution in [0.1, 0.15) is 19.8 Å². The Hall–Kier alpha value is -1.79. The third kappa shape index (κ3) is 5.73. The van der Waals surface area contributed by atoms with Crippen LogP contribution >= 0.6 is 11.6 Å². The smallest absolute Gasteiger partial charge is 0.320 e. The van der Waals surface area contributed by atoms with Crippen molar-refractivity contribution < 1.29 is 19.4 Å². The molecule has 0 bridgehead atoms. The molecule has 1 amide bonds. The number of amides is 1. The van der Waals surface area contributed by atoms with Gasteiger partial charge < -0.3 is 15.2 Å². The lowest BCUT2D eigenvalue weighted by Gasteiger charge is -2.25. The number of hydrogen-bond acceptors (Lipinski definition) is 4. The van der Waals surface area contributed by atoms with Crippen molar-refractivity contribution in [2.45, 2.75) is 31.8 Å². The number of ether oxygens (including phenoxy) is 1. The minimum atomic E-state index is -0.908. The molecule has 126 valence electrons. The normalized spacial score (nSPS) is 15.3. The fourth-order valence-electron chi connectivity index (χ4n) is 2.27. The van der Waals surface area contributed by atoms with Gasteiger partial charge in [-0.3, -0.25) is 14.5 Å². The van der Waals surface area contributed by atoms with Crippen LogP contribution in [0.15, 0.2) is 24.3 Å². The molecule has 0 saturated heterocycles. The maximum absolute atomic E-state index is 12.0. The van der Waals surface area contributed by atoms with Crippen molar-refractivity contribution in [3.8, 4) is 5.75 Å². The Morgan fingerprint density at radius 1 is 1.48 bits per heavy atom. The van der Waals surface area contributed by atoms with Gasteiger partial charge in [0.25, 0.3) is 0 Å². The van der Waals surface area contributed by atoms with Gasteiger partial charge in [0.2, 0.25) is 5.91 Å². The maximum Gasteiger partial charge on any atom is 0.320 e. The molecule has 7 heteroatoms. The molecule has 2 N–H and O–H groups in total. The van der Waals surface area contributed by atoms with Crippen LogP contribution < -0.4 is 10.1 Å². The van der Waals surface area contributed by atoms with Gasteiger partial charge in [-0.1, -0.05) is 17.7 Å². The second-order valence-corrected chi connectivity index (χ2v) is 6.01. The lowest BCUT2D eigenvalue weighted by atomic mass is 10.2. The lowest BCUT2D eigenvalue weighted by Crippen LogP contribution is -2.46. The molecule has 0 aliphatic heterocycles. The van der Waals surface area contributed by atoms with E-state index in [1.54, 1.807) is 36.1 Å². The van der Waals surface area contributed by atoms with Crippen molar-refractivity contribution in [1.82, 2.24) is 10.2 Å². The van der Waals surface area contributed by atoms with Crippen LogP contribution in [0.3, 0.4) is 0 Å².